The Hall–Kier alpha value is -0.820. The van der Waals surface area contributed by atoms with Crippen LogP contribution < -0.4 is 0 Å². The molecule has 0 amide bonds. The van der Waals surface area contributed by atoms with Crippen molar-refractivity contribution in [3.63, 3.8) is 0 Å². The Labute approximate surface area is 68.7 Å². The molecular formula is C10H16O. The van der Waals surface area contributed by atoms with Crippen LogP contribution in [0.15, 0.2) is 36.0 Å². The molecule has 0 aliphatic carbocycles. The normalized spacial score (nSPS) is 12.5. The Kier molecular flexibility index (Phi) is 5.49. The first-order valence-corrected chi connectivity index (χ1v) is 3.75. The highest BCUT2D eigenvalue weighted by atomic mass is 16.2. The van der Waals surface area contributed by atoms with Gasteiger partial charge in [0.1, 0.15) is 0 Å². The van der Waals surface area contributed by atoms with Crippen molar-refractivity contribution in [1.29, 1.82) is 0 Å². The fraction of sp³-hybridized carbons (Fsp3) is 0.400. The number of aliphatic hydroxyl groups excluding tert-OH is 1. The summed E-state index contributed by atoms with van der Waals surface area (Å²) in [6.45, 7) is 7.83. The predicted octanol–water partition coefficient (Wildman–Crippen LogP) is 2.45. The van der Waals surface area contributed by atoms with Gasteiger partial charge < -0.3 is 5.11 Å². The molecule has 0 aromatic heterocycles. The molecule has 62 valence electrons. The topological polar surface area (TPSA) is 20.2 Å². The van der Waals surface area contributed by atoms with Gasteiger partial charge in [0.05, 0.1) is 6.61 Å². The molecule has 0 rings (SSSR count). The first-order chi connectivity index (χ1) is 5.16. The van der Waals surface area contributed by atoms with Gasteiger partial charge in [0, 0.05) is 0 Å². The van der Waals surface area contributed by atoms with E-state index >= 15 is 0 Å². The Morgan fingerprint density at radius 2 is 2.09 bits per heavy atom. The number of aliphatic hydroxyl groups is 1. The molecule has 0 heterocycles. The smallest absolute Gasteiger partial charge is 0.0615 e. The zero-order valence-corrected chi connectivity index (χ0v) is 7.30. The van der Waals surface area contributed by atoms with Gasteiger partial charge in [-0.05, 0) is 20.3 Å². The lowest BCUT2D eigenvalue weighted by molar-refractivity contribution is 0.341. The van der Waals surface area contributed by atoms with E-state index in [4.69, 9.17) is 5.11 Å². The number of hydrogen-bond acceptors (Lipinski definition) is 1. The molecule has 0 spiro atoms. The van der Waals surface area contributed by atoms with Crippen LogP contribution in [-0.4, -0.2) is 11.7 Å². The van der Waals surface area contributed by atoms with Crippen LogP contribution in [0.3, 0.4) is 0 Å². The van der Waals surface area contributed by atoms with E-state index in [1.165, 1.54) is 5.57 Å². The Balaban J connectivity index is 3.70. The summed E-state index contributed by atoms with van der Waals surface area (Å²) in [6.07, 6.45) is 6.73. The minimum Gasteiger partial charge on any atom is -0.392 e. The summed E-state index contributed by atoms with van der Waals surface area (Å²) in [5, 5.41) is 8.53. The monoisotopic (exact) mass is 152 g/mol. The zero-order valence-electron chi connectivity index (χ0n) is 7.30. The molecule has 0 atom stereocenters. The molecule has 0 unspecified atom stereocenters. The maximum absolute atomic E-state index is 8.53. The molecule has 0 bridgehead atoms. The summed E-state index contributed by atoms with van der Waals surface area (Å²) in [4.78, 5) is 0. The van der Waals surface area contributed by atoms with Crippen molar-refractivity contribution in [2.75, 3.05) is 6.61 Å². The van der Waals surface area contributed by atoms with Gasteiger partial charge in [-0.3, -0.25) is 0 Å². The summed E-state index contributed by atoms with van der Waals surface area (Å²) in [5.41, 5.74) is 2.24. The van der Waals surface area contributed by atoms with Crippen LogP contribution in [-0.2, 0) is 0 Å². The quantitative estimate of drug-likeness (QED) is 0.484. The Morgan fingerprint density at radius 1 is 1.45 bits per heavy atom. The van der Waals surface area contributed by atoms with Crippen molar-refractivity contribution in [3.05, 3.63) is 36.0 Å². The molecule has 0 saturated carbocycles. The van der Waals surface area contributed by atoms with Crippen molar-refractivity contribution < 1.29 is 5.11 Å². The Morgan fingerprint density at radius 3 is 2.55 bits per heavy atom. The molecule has 1 heteroatoms. The minimum atomic E-state index is 0.132. The summed E-state index contributed by atoms with van der Waals surface area (Å²) < 4.78 is 0. The van der Waals surface area contributed by atoms with Crippen molar-refractivity contribution >= 4 is 0 Å². The first-order valence-electron chi connectivity index (χ1n) is 3.75. The molecule has 0 aliphatic heterocycles. The van der Waals surface area contributed by atoms with Gasteiger partial charge in [0.2, 0.25) is 0 Å². The zero-order chi connectivity index (χ0) is 8.69. The highest BCUT2D eigenvalue weighted by Gasteiger charge is 1.82. The lowest BCUT2D eigenvalue weighted by Gasteiger charge is -1.92. The van der Waals surface area contributed by atoms with Crippen molar-refractivity contribution in [3.8, 4) is 0 Å². The maximum atomic E-state index is 8.53. The Bertz CT molecular complexity index is 175. The molecule has 11 heavy (non-hydrogen) atoms. The van der Waals surface area contributed by atoms with E-state index in [0.29, 0.717) is 0 Å². The van der Waals surface area contributed by atoms with Crippen molar-refractivity contribution in [2.45, 2.75) is 20.3 Å². The van der Waals surface area contributed by atoms with Crippen LogP contribution in [0.25, 0.3) is 0 Å². The summed E-state index contributed by atoms with van der Waals surface area (Å²) in [6, 6.07) is 0. The van der Waals surface area contributed by atoms with Crippen molar-refractivity contribution in [2.24, 2.45) is 0 Å². The second-order valence-electron chi connectivity index (χ2n) is 2.69. The minimum absolute atomic E-state index is 0.132. The average molecular weight is 152 g/mol. The molecule has 0 fully saturated rings. The molecule has 0 aliphatic rings. The third-order valence-electron chi connectivity index (χ3n) is 1.28. The van der Waals surface area contributed by atoms with Crippen molar-refractivity contribution in [1.82, 2.24) is 0 Å². The molecule has 0 saturated heterocycles. The lowest BCUT2D eigenvalue weighted by Crippen LogP contribution is -1.78. The maximum Gasteiger partial charge on any atom is 0.0615 e. The largest absolute Gasteiger partial charge is 0.392 e. The standard InChI is InChI=1S/C10H16O/c1-9(2)5-4-6-10(3)7-8-11/h4-5,7,11H,1,6,8H2,2-3H3/b5-4+,10-7+. The van der Waals surface area contributed by atoms with E-state index in [9.17, 15) is 0 Å². The van der Waals surface area contributed by atoms with E-state index < -0.39 is 0 Å². The average Bonchev–Trinajstić information content (AvgIpc) is 1.87. The summed E-state index contributed by atoms with van der Waals surface area (Å²) in [7, 11) is 0. The molecule has 0 aromatic rings. The van der Waals surface area contributed by atoms with Gasteiger partial charge in [0.15, 0.2) is 0 Å². The first kappa shape index (κ1) is 10.2. The lowest BCUT2D eigenvalue weighted by atomic mass is 10.2. The van der Waals surface area contributed by atoms with Gasteiger partial charge in [0.25, 0.3) is 0 Å². The molecule has 1 N–H and O–H groups in total. The molecule has 1 nitrogen and oxygen atoms in total. The molecular weight excluding hydrogens is 136 g/mol. The van der Waals surface area contributed by atoms with Gasteiger partial charge in [-0.25, -0.2) is 0 Å². The van der Waals surface area contributed by atoms with Crippen LogP contribution in [0.4, 0.5) is 0 Å². The SMILES string of the molecule is C=C(C)/C=C/C/C(C)=C/CO. The number of rotatable bonds is 4. The van der Waals surface area contributed by atoms with Gasteiger partial charge in [-0.1, -0.05) is 36.0 Å². The van der Waals surface area contributed by atoms with Gasteiger partial charge >= 0.3 is 0 Å². The molecule has 0 radical (unpaired) electrons. The van der Waals surface area contributed by atoms with E-state index in [1.54, 1.807) is 0 Å². The van der Waals surface area contributed by atoms with E-state index in [2.05, 4.69) is 6.58 Å². The second-order valence-corrected chi connectivity index (χ2v) is 2.69. The summed E-state index contributed by atoms with van der Waals surface area (Å²) >= 11 is 0. The van der Waals surface area contributed by atoms with E-state index in [0.717, 1.165) is 12.0 Å². The summed E-state index contributed by atoms with van der Waals surface area (Å²) in [5.74, 6) is 0. The predicted molar refractivity (Wildman–Crippen MR) is 49.4 cm³/mol. The number of allylic oxidation sites excluding steroid dienone is 4. The van der Waals surface area contributed by atoms with Crippen LogP contribution >= 0.6 is 0 Å². The fourth-order valence-electron chi connectivity index (χ4n) is 0.685. The van der Waals surface area contributed by atoms with Gasteiger partial charge in [-0.15, -0.1) is 0 Å². The fourth-order valence-corrected chi connectivity index (χ4v) is 0.685. The third-order valence-corrected chi connectivity index (χ3v) is 1.28. The van der Waals surface area contributed by atoms with Gasteiger partial charge in [-0.2, -0.15) is 0 Å². The molecule has 0 aromatic carbocycles. The van der Waals surface area contributed by atoms with Crippen LogP contribution in [0.5, 0.6) is 0 Å². The highest BCUT2D eigenvalue weighted by Crippen LogP contribution is 2.01. The van der Waals surface area contributed by atoms with Crippen LogP contribution in [0, 0.1) is 0 Å². The van der Waals surface area contributed by atoms with E-state index in [-0.39, 0.29) is 6.61 Å². The third kappa shape index (κ3) is 7.07. The number of hydrogen-bond donors (Lipinski definition) is 1. The second kappa shape index (κ2) is 5.93. The highest BCUT2D eigenvalue weighted by molar-refractivity contribution is 5.14. The van der Waals surface area contributed by atoms with E-state index in [1.807, 2.05) is 32.1 Å². The van der Waals surface area contributed by atoms with Crippen LogP contribution in [0.2, 0.25) is 0 Å². The van der Waals surface area contributed by atoms with Crippen LogP contribution in [0.1, 0.15) is 20.3 Å².